The SMILES string of the molecule is Cc1ccc2ccccc2c1-c1cccc2ncccc12. The van der Waals surface area contributed by atoms with Crippen molar-refractivity contribution in [2.24, 2.45) is 0 Å². The Labute approximate surface area is 123 Å². The van der Waals surface area contributed by atoms with Gasteiger partial charge in [-0.2, -0.15) is 0 Å². The van der Waals surface area contributed by atoms with Crippen LogP contribution in [0, 0.1) is 6.92 Å². The van der Waals surface area contributed by atoms with E-state index in [4.69, 9.17) is 0 Å². The second-order valence-electron chi connectivity index (χ2n) is 5.35. The number of aromatic nitrogens is 1. The van der Waals surface area contributed by atoms with Crippen LogP contribution in [0.2, 0.25) is 0 Å². The molecule has 0 unspecified atom stereocenters. The second-order valence-corrected chi connectivity index (χ2v) is 5.35. The number of nitrogens with zero attached hydrogens (tertiary/aromatic N) is 1. The Morgan fingerprint density at radius 2 is 1.57 bits per heavy atom. The van der Waals surface area contributed by atoms with Crippen LogP contribution in [0.1, 0.15) is 5.56 Å². The molecule has 0 fully saturated rings. The first-order valence-corrected chi connectivity index (χ1v) is 7.17. The fraction of sp³-hybridized carbons (Fsp3) is 0.0500. The summed E-state index contributed by atoms with van der Waals surface area (Å²) in [5, 5.41) is 3.78. The molecule has 0 saturated carbocycles. The Morgan fingerprint density at radius 3 is 2.52 bits per heavy atom. The van der Waals surface area contributed by atoms with Crippen molar-refractivity contribution in [2.45, 2.75) is 6.92 Å². The molecule has 1 heteroatoms. The molecule has 0 atom stereocenters. The van der Waals surface area contributed by atoms with E-state index in [1.165, 1.54) is 32.8 Å². The van der Waals surface area contributed by atoms with Crippen molar-refractivity contribution < 1.29 is 0 Å². The zero-order valence-corrected chi connectivity index (χ0v) is 11.9. The van der Waals surface area contributed by atoms with E-state index in [1.54, 1.807) is 0 Å². The molecule has 4 aromatic rings. The molecule has 0 amide bonds. The highest BCUT2D eigenvalue weighted by Gasteiger charge is 2.10. The molecule has 0 saturated heterocycles. The van der Waals surface area contributed by atoms with Crippen LogP contribution >= 0.6 is 0 Å². The van der Waals surface area contributed by atoms with E-state index in [0.29, 0.717) is 0 Å². The van der Waals surface area contributed by atoms with Gasteiger partial charge in [0.05, 0.1) is 5.52 Å². The highest BCUT2D eigenvalue weighted by atomic mass is 14.6. The number of hydrogen-bond acceptors (Lipinski definition) is 1. The van der Waals surface area contributed by atoms with Crippen LogP contribution in [0.5, 0.6) is 0 Å². The van der Waals surface area contributed by atoms with E-state index in [9.17, 15) is 0 Å². The van der Waals surface area contributed by atoms with Crippen LogP contribution in [0.3, 0.4) is 0 Å². The molecule has 21 heavy (non-hydrogen) atoms. The molecule has 1 heterocycles. The Hall–Kier alpha value is -2.67. The van der Waals surface area contributed by atoms with Gasteiger partial charge in [-0.3, -0.25) is 4.98 Å². The molecule has 4 rings (SSSR count). The van der Waals surface area contributed by atoms with Crippen LogP contribution in [-0.2, 0) is 0 Å². The summed E-state index contributed by atoms with van der Waals surface area (Å²) in [6.45, 7) is 2.18. The van der Waals surface area contributed by atoms with Gasteiger partial charge in [-0.15, -0.1) is 0 Å². The molecule has 0 aliphatic rings. The van der Waals surface area contributed by atoms with Gasteiger partial charge < -0.3 is 0 Å². The van der Waals surface area contributed by atoms with Gasteiger partial charge in [0.15, 0.2) is 0 Å². The third kappa shape index (κ3) is 1.90. The lowest BCUT2D eigenvalue weighted by Crippen LogP contribution is -1.88. The Bertz CT molecular complexity index is 949. The van der Waals surface area contributed by atoms with Gasteiger partial charge in [0.1, 0.15) is 0 Å². The number of rotatable bonds is 1. The average molecular weight is 269 g/mol. The van der Waals surface area contributed by atoms with E-state index >= 15 is 0 Å². The first-order chi connectivity index (χ1) is 10.3. The number of pyridine rings is 1. The number of aryl methyl sites for hydroxylation is 1. The molecule has 0 aliphatic carbocycles. The van der Waals surface area contributed by atoms with Crippen LogP contribution in [0.25, 0.3) is 32.8 Å². The molecule has 0 radical (unpaired) electrons. The molecule has 0 bridgehead atoms. The number of benzene rings is 3. The maximum atomic E-state index is 4.48. The normalized spacial score (nSPS) is 11.1. The standard InChI is InChI=1S/C20H15N/c1-14-11-12-15-6-2-3-7-16(15)20(14)18-8-4-10-19-17(18)9-5-13-21-19/h2-13H,1H3. The summed E-state index contributed by atoms with van der Waals surface area (Å²) >= 11 is 0. The van der Waals surface area contributed by atoms with Gasteiger partial charge in [0.25, 0.3) is 0 Å². The summed E-state index contributed by atoms with van der Waals surface area (Å²) in [5.74, 6) is 0. The third-order valence-electron chi connectivity index (χ3n) is 4.05. The average Bonchev–Trinajstić information content (AvgIpc) is 2.54. The maximum absolute atomic E-state index is 4.48. The van der Waals surface area contributed by atoms with Gasteiger partial charge in [-0.1, -0.05) is 54.6 Å². The minimum Gasteiger partial charge on any atom is -0.256 e. The van der Waals surface area contributed by atoms with Crippen molar-refractivity contribution in [3.05, 3.63) is 78.5 Å². The Morgan fingerprint density at radius 1 is 0.714 bits per heavy atom. The molecule has 0 N–H and O–H groups in total. The largest absolute Gasteiger partial charge is 0.256 e. The van der Waals surface area contributed by atoms with Gasteiger partial charge in [-0.05, 0) is 46.5 Å². The van der Waals surface area contributed by atoms with Crippen molar-refractivity contribution in [1.82, 2.24) is 4.98 Å². The van der Waals surface area contributed by atoms with Crippen molar-refractivity contribution in [1.29, 1.82) is 0 Å². The molecule has 1 nitrogen and oxygen atoms in total. The van der Waals surface area contributed by atoms with Crippen LogP contribution in [-0.4, -0.2) is 4.98 Å². The summed E-state index contributed by atoms with van der Waals surface area (Å²) in [4.78, 5) is 4.48. The highest BCUT2D eigenvalue weighted by molar-refractivity contribution is 6.05. The van der Waals surface area contributed by atoms with Gasteiger partial charge in [0.2, 0.25) is 0 Å². The number of hydrogen-bond donors (Lipinski definition) is 0. The van der Waals surface area contributed by atoms with Crippen molar-refractivity contribution >= 4 is 21.7 Å². The van der Waals surface area contributed by atoms with Gasteiger partial charge >= 0.3 is 0 Å². The molecular formula is C20H15N. The lowest BCUT2D eigenvalue weighted by atomic mass is 9.92. The van der Waals surface area contributed by atoms with Gasteiger partial charge in [-0.25, -0.2) is 0 Å². The van der Waals surface area contributed by atoms with E-state index in [1.807, 2.05) is 12.3 Å². The van der Waals surface area contributed by atoms with E-state index < -0.39 is 0 Å². The lowest BCUT2D eigenvalue weighted by Gasteiger charge is -2.13. The Balaban J connectivity index is 2.16. The predicted octanol–water partition coefficient (Wildman–Crippen LogP) is 5.36. The summed E-state index contributed by atoms with van der Waals surface area (Å²) in [7, 11) is 0. The van der Waals surface area contributed by atoms with Gasteiger partial charge in [0, 0.05) is 11.6 Å². The minimum atomic E-state index is 1.04. The quantitative estimate of drug-likeness (QED) is 0.453. The molecular weight excluding hydrogens is 254 g/mol. The fourth-order valence-electron chi connectivity index (χ4n) is 3.06. The second kappa shape index (κ2) is 4.71. The molecule has 0 aliphatic heterocycles. The first-order valence-electron chi connectivity index (χ1n) is 7.17. The van der Waals surface area contributed by atoms with E-state index in [0.717, 1.165) is 5.52 Å². The molecule has 100 valence electrons. The van der Waals surface area contributed by atoms with Crippen LogP contribution < -0.4 is 0 Å². The smallest absolute Gasteiger partial charge is 0.0708 e. The third-order valence-corrected chi connectivity index (χ3v) is 4.05. The molecule has 1 aromatic heterocycles. The maximum Gasteiger partial charge on any atom is 0.0708 e. The van der Waals surface area contributed by atoms with Crippen LogP contribution in [0.4, 0.5) is 0 Å². The summed E-state index contributed by atoms with van der Waals surface area (Å²) in [6.07, 6.45) is 1.85. The topological polar surface area (TPSA) is 12.9 Å². The van der Waals surface area contributed by atoms with E-state index in [-0.39, 0.29) is 0 Å². The monoisotopic (exact) mass is 269 g/mol. The predicted molar refractivity (Wildman–Crippen MR) is 89.4 cm³/mol. The van der Waals surface area contributed by atoms with Crippen molar-refractivity contribution in [3.63, 3.8) is 0 Å². The fourth-order valence-corrected chi connectivity index (χ4v) is 3.06. The molecule has 0 spiro atoms. The zero-order valence-electron chi connectivity index (χ0n) is 11.9. The zero-order chi connectivity index (χ0) is 14.2. The van der Waals surface area contributed by atoms with E-state index in [2.05, 4.69) is 72.6 Å². The minimum absolute atomic E-state index is 1.04. The number of fused-ring (bicyclic) bond motifs is 2. The summed E-state index contributed by atoms with van der Waals surface area (Å²) < 4.78 is 0. The van der Waals surface area contributed by atoms with Crippen molar-refractivity contribution in [3.8, 4) is 11.1 Å². The Kier molecular flexibility index (Phi) is 2.71. The molecule has 3 aromatic carbocycles. The lowest BCUT2D eigenvalue weighted by molar-refractivity contribution is 1.41. The summed E-state index contributed by atoms with van der Waals surface area (Å²) in [6, 6.07) is 23.5. The first kappa shape index (κ1) is 12.1. The summed E-state index contributed by atoms with van der Waals surface area (Å²) in [5.41, 5.74) is 4.91. The van der Waals surface area contributed by atoms with Crippen molar-refractivity contribution in [2.75, 3.05) is 0 Å². The highest BCUT2D eigenvalue weighted by Crippen LogP contribution is 2.35. The van der Waals surface area contributed by atoms with Crippen LogP contribution in [0.15, 0.2) is 72.9 Å².